The van der Waals surface area contributed by atoms with Gasteiger partial charge in [-0.1, -0.05) is 0 Å². The molecule has 4 heterocycles. The Morgan fingerprint density at radius 2 is 2.20 bits per heavy atom. The maximum Gasteiger partial charge on any atom is 0.343 e. The average molecular weight is 360 g/mol. The van der Waals surface area contributed by atoms with Crippen LogP contribution in [0.25, 0.3) is 4.96 Å². The normalized spacial score (nSPS) is 16.0. The van der Waals surface area contributed by atoms with Gasteiger partial charge in [0.05, 0.1) is 12.1 Å². The van der Waals surface area contributed by atoms with E-state index in [1.54, 1.807) is 15.9 Å². The summed E-state index contributed by atoms with van der Waals surface area (Å²) >= 11 is 1.56. The highest BCUT2D eigenvalue weighted by molar-refractivity contribution is 7.15. The van der Waals surface area contributed by atoms with E-state index in [-0.39, 0.29) is 17.5 Å². The van der Waals surface area contributed by atoms with Gasteiger partial charge >= 0.3 is 5.69 Å². The molecule has 0 bridgehead atoms. The van der Waals surface area contributed by atoms with Crippen LogP contribution in [0.1, 0.15) is 37.2 Å². The Morgan fingerprint density at radius 1 is 1.40 bits per heavy atom. The van der Waals surface area contributed by atoms with Crippen molar-refractivity contribution in [3.05, 3.63) is 39.8 Å². The van der Waals surface area contributed by atoms with Crippen LogP contribution in [0, 0.1) is 0 Å². The van der Waals surface area contributed by atoms with Gasteiger partial charge in [0.1, 0.15) is 5.82 Å². The zero-order chi connectivity index (χ0) is 17.4. The number of H-pyrrole nitrogens is 1. The minimum atomic E-state index is -0.157. The fraction of sp³-hybridized carbons (Fsp3) is 0.500. The lowest BCUT2D eigenvalue weighted by molar-refractivity contribution is -0.131. The van der Waals surface area contributed by atoms with Crippen LogP contribution in [0.3, 0.4) is 0 Å². The van der Waals surface area contributed by atoms with Crippen LogP contribution in [-0.2, 0) is 17.8 Å². The molecule has 1 fully saturated rings. The lowest BCUT2D eigenvalue weighted by Gasteiger charge is -2.31. The van der Waals surface area contributed by atoms with Crippen molar-refractivity contribution in [3.8, 4) is 0 Å². The summed E-state index contributed by atoms with van der Waals surface area (Å²) in [4.78, 5) is 31.5. The quantitative estimate of drug-likeness (QED) is 0.758. The van der Waals surface area contributed by atoms with Crippen molar-refractivity contribution in [1.29, 1.82) is 0 Å². The summed E-state index contributed by atoms with van der Waals surface area (Å²) in [7, 11) is 0. The first-order chi connectivity index (χ1) is 12.2. The molecule has 1 saturated heterocycles. The minimum absolute atomic E-state index is 0.110. The van der Waals surface area contributed by atoms with E-state index in [9.17, 15) is 9.59 Å². The second-order valence-corrected chi connectivity index (χ2v) is 7.16. The summed E-state index contributed by atoms with van der Waals surface area (Å²) in [6.45, 7) is 3.93. The van der Waals surface area contributed by atoms with Crippen molar-refractivity contribution in [3.63, 3.8) is 0 Å². The summed E-state index contributed by atoms with van der Waals surface area (Å²) in [6, 6.07) is 0. The largest absolute Gasteiger partial charge is 0.343 e. The molecule has 9 heteroatoms. The number of thiazole rings is 1. The summed E-state index contributed by atoms with van der Waals surface area (Å²) in [6.07, 6.45) is 5.85. The molecule has 1 N–H and O–H groups in total. The van der Waals surface area contributed by atoms with Crippen LogP contribution < -0.4 is 5.69 Å². The third-order valence-electron chi connectivity index (χ3n) is 4.79. The molecular weight excluding hydrogens is 340 g/mol. The molecule has 1 amide bonds. The molecule has 3 aromatic heterocycles. The lowest BCUT2D eigenvalue weighted by atomic mass is 9.95. The number of aromatic nitrogens is 5. The molecule has 0 saturated carbocycles. The Balaban J connectivity index is 1.38. The molecule has 0 radical (unpaired) electrons. The predicted octanol–water partition coefficient (Wildman–Crippen LogP) is 1.25. The van der Waals surface area contributed by atoms with E-state index in [0.29, 0.717) is 26.1 Å². The lowest BCUT2D eigenvalue weighted by Crippen LogP contribution is -2.39. The molecule has 8 nitrogen and oxygen atoms in total. The fourth-order valence-corrected chi connectivity index (χ4v) is 4.18. The first-order valence-electron chi connectivity index (χ1n) is 8.49. The number of carbonyl (C=O) groups is 1. The first-order valence-corrected chi connectivity index (χ1v) is 9.37. The van der Waals surface area contributed by atoms with E-state index in [4.69, 9.17) is 0 Å². The monoisotopic (exact) mass is 360 g/mol. The zero-order valence-electron chi connectivity index (χ0n) is 14.0. The van der Waals surface area contributed by atoms with Crippen LogP contribution in [0.4, 0.5) is 0 Å². The molecule has 0 unspecified atom stereocenters. The number of hydrogen-bond acceptors (Lipinski definition) is 5. The van der Waals surface area contributed by atoms with Crippen molar-refractivity contribution < 1.29 is 4.79 Å². The second kappa shape index (κ2) is 6.47. The van der Waals surface area contributed by atoms with Crippen molar-refractivity contribution in [1.82, 2.24) is 29.0 Å². The van der Waals surface area contributed by atoms with E-state index in [1.807, 2.05) is 34.0 Å². The smallest absolute Gasteiger partial charge is 0.342 e. The van der Waals surface area contributed by atoms with Crippen molar-refractivity contribution in [2.24, 2.45) is 0 Å². The maximum absolute atomic E-state index is 12.5. The van der Waals surface area contributed by atoms with Gasteiger partial charge in [-0.25, -0.2) is 14.9 Å². The van der Waals surface area contributed by atoms with Gasteiger partial charge in [0, 0.05) is 43.3 Å². The van der Waals surface area contributed by atoms with Gasteiger partial charge in [0.15, 0.2) is 4.96 Å². The molecule has 0 spiro atoms. The number of rotatable bonds is 4. The maximum atomic E-state index is 12.5. The average Bonchev–Trinajstić information content (AvgIpc) is 3.29. The Kier molecular flexibility index (Phi) is 4.16. The number of nitrogens with zero attached hydrogens (tertiary/aromatic N) is 5. The standard InChI is InChI=1S/C16H20N6O2S/c1-2-22-14(18-19-15(22)24)11-3-5-20(6-4-11)13(23)9-12-10-21-7-8-25-16(21)17-12/h7-8,10-11H,2-6,9H2,1H3,(H,19,24). The summed E-state index contributed by atoms with van der Waals surface area (Å²) in [5.74, 6) is 1.15. The second-order valence-electron chi connectivity index (χ2n) is 6.29. The molecule has 3 aromatic rings. The highest BCUT2D eigenvalue weighted by Gasteiger charge is 2.27. The third kappa shape index (κ3) is 2.99. The molecule has 0 aromatic carbocycles. The van der Waals surface area contributed by atoms with Gasteiger partial charge in [-0.05, 0) is 19.8 Å². The van der Waals surface area contributed by atoms with Crippen molar-refractivity contribution in [2.45, 2.75) is 38.6 Å². The third-order valence-corrected chi connectivity index (χ3v) is 5.56. The van der Waals surface area contributed by atoms with Gasteiger partial charge in [0.2, 0.25) is 5.91 Å². The van der Waals surface area contributed by atoms with E-state index in [0.717, 1.165) is 29.3 Å². The Bertz CT molecular complexity index is 915. The van der Waals surface area contributed by atoms with E-state index >= 15 is 0 Å². The number of likely N-dealkylation sites (tertiary alicyclic amines) is 1. The van der Waals surface area contributed by atoms with Gasteiger partial charge in [-0.15, -0.1) is 11.3 Å². The molecular formula is C16H20N6O2S. The fourth-order valence-electron chi connectivity index (χ4n) is 3.46. The molecule has 4 rings (SSSR count). The number of imidazole rings is 1. The SMILES string of the molecule is CCn1c(C2CCN(C(=O)Cc3cn4ccsc4n3)CC2)n[nH]c1=O. The highest BCUT2D eigenvalue weighted by Crippen LogP contribution is 2.26. The van der Waals surface area contributed by atoms with Crippen LogP contribution in [0.5, 0.6) is 0 Å². The highest BCUT2D eigenvalue weighted by atomic mass is 32.1. The topological polar surface area (TPSA) is 88.3 Å². The summed E-state index contributed by atoms with van der Waals surface area (Å²) < 4.78 is 3.63. The van der Waals surface area contributed by atoms with Gasteiger partial charge in [-0.2, -0.15) is 5.10 Å². The van der Waals surface area contributed by atoms with Crippen LogP contribution >= 0.6 is 11.3 Å². The van der Waals surface area contributed by atoms with Crippen molar-refractivity contribution in [2.75, 3.05) is 13.1 Å². The van der Waals surface area contributed by atoms with Gasteiger partial charge in [-0.3, -0.25) is 13.8 Å². The molecule has 0 aliphatic carbocycles. The molecule has 0 atom stereocenters. The van der Waals surface area contributed by atoms with Crippen LogP contribution in [0.2, 0.25) is 0 Å². The van der Waals surface area contributed by atoms with Gasteiger partial charge < -0.3 is 4.90 Å². The predicted molar refractivity (Wildman–Crippen MR) is 93.8 cm³/mol. The number of carbonyl (C=O) groups excluding carboxylic acids is 1. The molecule has 132 valence electrons. The van der Waals surface area contributed by atoms with E-state index in [1.165, 1.54) is 0 Å². The van der Waals surface area contributed by atoms with Gasteiger partial charge in [0.25, 0.3) is 0 Å². The number of nitrogens with one attached hydrogen (secondary N) is 1. The molecule has 1 aliphatic rings. The number of aromatic amines is 1. The Morgan fingerprint density at radius 3 is 2.92 bits per heavy atom. The Labute approximate surface area is 148 Å². The van der Waals surface area contributed by atoms with E-state index in [2.05, 4.69) is 15.2 Å². The zero-order valence-corrected chi connectivity index (χ0v) is 14.8. The van der Waals surface area contributed by atoms with Crippen molar-refractivity contribution >= 4 is 22.2 Å². The van der Waals surface area contributed by atoms with Crippen LogP contribution in [-0.4, -0.2) is 48.0 Å². The van der Waals surface area contributed by atoms with Crippen LogP contribution in [0.15, 0.2) is 22.6 Å². The number of amides is 1. The van der Waals surface area contributed by atoms with E-state index < -0.39 is 0 Å². The molecule has 25 heavy (non-hydrogen) atoms. The Hall–Kier alpha value is -2.42. The summed E-state index contributed by atoms with van der Waals surface area (Å²) in [5, 5.41) is 8.68. The number of piperidine rings is 1. The molecule has 1 aliphatic heterocycles. The number of hydrogen-bond donors (Lipinski definition) is 1. The first kappa shape index (κ1) is 16.1. The minimum Gasteiger partial charge on any atom is -0.342 e. The number of fused-ring (bicyclic) bond motifs is 1. The summed E-state index contributed by atoms with van der Waals surface area (Å²) in [5.41, 5.74) is 0.654.